The third-order valence-corrected chi connectivity index (χ3v) is 5.64. The largest absolute Gasteiger partial charge is 0.355 e. The van der Waals surface area contributed by atoms with Gasteiger partial charge in [-0.1, -0.05) is 12.1 Å². The Morgan fingerprint density at radius 3 is 2.58 bits per heavy atom. The first-order chi connectivity index (χ1) is 11.6. The third-order valence-electron chi connectivity index (χ3n) is 5.64. The number of likely N-dealkylation sites (N-methyl/N-ethyl adjacent to an activating group) is 1. The lowest BCUT2D eigenvalue weighted by molar-refractivity contribution is 0.0399. The van der Waals surface area contributed by atoms with E-state index in [0.717, 1.165) is 25.2 Å². The molecule has 3 rings (SSSR count). The van der Waals surface area contributed by atoms with E-state index in [1.807, 2.05) is 12.1 Å². The molecule has 132 valence electrons. The van der Waals surface area contributed by atoms with Gasteiger partial charge in [-0.25, -0.2) is 0 Å². The van der Waals surface area contributed by atoms with Crippen LogP contribution in [0, 0.1) is 0 Å². The highest BCUT2D eigenvalue weighted by atomic mass is 16.1. The van der Waals surface area contributed by atoms with Crippen LogP contribution in [0.1, 0.15) is 34.8 Å². The molecule has 2 aliphatic heterocycles. The van der Waals surface area contributed by atoms with Crippen molar-refractivity contribution >= 4 is 5.91 Å². The molecule has 5 heteroatoms. The van der Waals surface area contributed by atoms with E-state index in [-0.39, 0.29) is 5.91 Å². The number of piperazine rings is 1. The van der Waals surface area contributed by atoms with Crippen molar-refractivity contribution in [3.05, 3.63) is 35.4 Å². The maximum atomic E-state index is 11.9. The Balaban J connectivity index is 1.73. The molecule has 1 amide bonds. The van der Waals surface area contributed by atoms with Crippen LogP contribution in [0.2, 0.25) is 0 Å². The van der Waals surface area contributed by atoms with E-state index in [1.165, 1.54) is 31.5 Å². The maximum absolute atomic E-state index is 11.9. The second-order valence-electron chi connectivity index (χ2n) is 7.23. The average molecular weight is 330 g/mol. The zero-order valence-electron chi connectivity index (χ0n) is 15.2. The highest BCUT2D eigenvalue weighted by Gasteiger charge is 2.31. The Bertz CT molecular complexity index is 568. The van der Waals surface area contributed by atoms with Gasteiger partial charge < -0.3 is 10.2 Å². The van der Waals surface area contributed by atoms with Crippen molar-refractivity contribution in [2.45, 2.75) is 24.9 Å². The minimum Gasteiger partial charge on any atom is -0.355 e. The van der Waals surface area contributed by atoms with Gasteiger partial charge in [-0.3, -0.25) is 14.6 Å². The van der Waals surface area contributed by atoms with Crippen molar-refractivity contribution in [2.75, 3.05) is 53.9 Å². The topological polar surface area (TPSA) is 38.8 Å². The smallest absolute Gasteiger partial charge is 0.251 e. The molecule has 1 N–H and O–H groups in total. The molecule has 0 radical (unpaired) electrons. The number of rotatable bonds is 3. The lowest BCUT2D eigenvalue weighted by atomic mass is 9.97. The van der Waals surface area contributed by atoms with Crippen molar-refractivity contribution < 1.29 is 4.79 Å². The van der Waals surface area contributed by atoms with Crippen LogP contribution in [0.3, 0.4) is 0 Å². The minimum absolute atomic E-state index is 0.0116. The van der Waals surface area contributed by atoms with E-state index in [4.69, 9.17) is 0 Å². The zero-order valence-corrected chi connectivity index (χ0v) is 15.2. The molecule has 24 heavy (non-hydrogen) atoms. The predicted molar refractivity (Wildman–Crippen MR) is 97.3 cm³/mol. The normalized spacial score (nSPS) is 24.9. The molecule has 2 heterocycles. The zero-order chi connectivity index (χ0) is 17.1. The molecule has 0 aliphatic carbocycles. The molecule has 5 nitrogen and oxygen atoms in total. The van der Waals surface area contributed by atoms with Crippen LogP contribution in [0.4, 0.5) is 0 Å². The summed E-state index contributed by atoms with van der Waals surface area (Å²) in [7, 11) is 6.10. The van der Waals surface area contributed by atoms with Crippen LogP contribution in [0.25, 0.3) is 0 Å². The first kappa shape index (κ1) is 17.4. The minimum atomic E-state index is -0.0116. The van der Waals surface area contributed by atoms with Crippen molar-refractivity contribution in [3.63, 3.8) is 0 Å². The summed E-state index contributed by atoms with van der Waals surface area (Å²) in [5.74, 6) is -0.0116. The standard InChI is InChI=1S/C19H30N4O/c1-20-19(24)16-6-4-5-15(13-16)18-14-23(12-11-22(18)3)17-7-9-21(2)10-8-17/h4-6,13,17-18H,7-12,14H2,1-3H3,(H,20,24)/t18-/m0/s1. The average Bonchev–Trinajstić information content (AvgIpc) is 2.62. The number of carbonyl (C=O) groups excluding carboxylic acids is 1. The summed E-state index contributed by atoms with van der Waals surface area (Å²) in [6.45, 7) is 5.70. The lowest BCUT2D eigenvalue weighted by Crippen LogP contribution is -2.53. The fraction of sp³-hybridized carbons (Fsp3) is 0.632. The maximum Gasteiger partial charge on any atom is 0.251 e. The van der Waals surface area contributed by atoms with E-state index < -0.39 is 0 Å². The van der Waals surface area contributed by atoms with Crippen LogP contribution in [0.5, 0.6) is 0 Å². The van der Waals surface area contributed by atoms with E-state index >= 15 is 0 Å². The van der Waals surface area contributed by atoms with Gasteiger partial charge in [0.1, 0.15) is 0 Å². The molecule has 0 unspecified atom stereocenters. The number of likely N-dealkylation sites (tertiary alicyclic amines) is 1. The monoisotopic (exact) mass is 330 g/mol. The first-order valence-electron chi connectivity index (χ1n) is 9.03. The SMILES string of the molecule is CNC(=O)c1cccc([C@@H]2CN(C3CCN(C)CC3)CCN2C)c1. The fourth-order valence-electron chi connectivity index (χ4n) is 3.98. The first-order valence-corrected chi connectivity index (χ1v) is 9.03. The number of piperidine rings is 1. The van der Waals surface area contributed by atoms with Gasteiger partial charge in [0.05, 0.1) is 0 Å². The third kappa shape index (κ3) is 3.79. The fourth-order valence-corrected chi connectivity index (χ4v) is 3.98. The Hall–Kier alpha value is -1.43. The van der Waals surface area contributed by atoms with Gasteiger partial charge in [0, 0.05) is 44.3 Å². The van der Waals surface area contributed by atoms with Crippen LogP contribution in [-0.4, -0.2) is 80.5 Å². The van der Waals surface area contributed by atoms with Crippen LogP contribution < -0.4 is 5.32 Å². The van der Waals surface area contributed by atoms with Gasteiger partial charge in [-0.15, -0.1) is 0 Å². The highest BCUT2D eigenvalue weighted by Crippen LogP contribution is 2.28. The molecule has 2 aliphatic rings. The number of hydrogen-bond acceptors (Lipinski definition) is 4. The predicted octanol–water partition coefficient (Wildman–Crippen LogP) is 1.43. The Kier molecular flexibility index (Phi) is 5.54. The molecule has 0 aromatic heterocycles. The molecule has 1 aromatic rings. The van der Waals surface area contributed by atoms with E-state index in [0.29, 0.717) is 12.1 Å². The van der Waals surface area contributed by atoms with Crippen LogP contribution in [0.15, 0.2) is 24.3 Å². The second kappa shape index (κ2) is 7.64. The molecule has 0 saturated carbocycles. The summed E-state index contributed by atoms with van der Waals surface area (Å²) >= 11 is 0. The number of carbonyl (C=O) groups is 1. The molecule has 2 saturated heterocycles. The van der Waals surface area contributed by atoms with Gasteiger partial charge in [-0.05, 0) is 57.7 Å². The summed E-state index contributed by atoms with van der Waals surface area (Å²) < 4.78 is 0. The van der Waals surface area contributed by atoms with Gasteiger partial charge in [-0.2, -0.15) is 0 Å². The summed E-state index contributed by atoms with van der Waals surface area (Å²) in [6, 6.07) is 9.18. The van der Waals surface area contributed by atoms with Gasteiger partial charge >= 0.3 is 0 Å². The number of amides is 1. The van der Waals surface area contributed by atoms with E-state index in [2.05, 4.69) is 46.2 Å². The molecule has 0 spiro atoms. The van der Waals surface area contributed by atoms with Crippen molar-refractivity contribution in [1.82, 2.24) is 20.0 Å². The molecule has 1 atom stereocenters. The van der Waals surface area contributed by atoms with Crippen molar-refractivity contribution in [2.24, 2.45) is 0 Å². The summed E-state index contributed by atoms with van der Waals surface area (Å²) in [6.07, 6.45) is 2.54. The molecule has 2 fully saturated rings. The Morgan fingerprint density at radius 1 is 1.12 bits per heavy atom. The number of hydrogen-bond donors (Lipinski definition) is 1. The van der Waals surface area contributed by atoms with Gasteiger partial charge in [0.15, 0.2) is 0 Å². The van der Waals surface area contributed by atoms with E-state index in [9.17, 15) is 4.79 Å². The van der Waals surface area contributed by atoms with Gasteiger partial charge in [0.25, 0.3) is 5.91 Å². The van der Waals surface area contributed by atoms with Crippen LogP contribution >= 0.6 is 0 Å². The summed E-state index contributed by atoms with van der Waals surface area (Å²) in [5, 5.41) is 2.72. The second-order valence-corrected chi connectivity index (χ2v) is 7.23. The highest BCUT2D eigenvalue weighted by molar-refractivity contribution is 5.94. The quantitative estimate of drug-likeness (QED) is 0.910. The molecular formula is C19H30N4O. The number of nitrogens with zero attached hydrogens (tertiary/aromatic N) is 3. The number of benzene rings is 1. The summed E-state index contributed by atoms with van der Waals surface area (Å²) in [4.78, 5) is 19.5. The molecule has 1 aromatic carbocycles. The van der Waals surface area contributed by atoms with E-state index in [1.54, 1.807) is 7.05 Å². The van der Waals surface area contributed by atoms with Gasteiger partial charge in [0.2, 0.25) is 0 Å². The molecule has 0 bridgehead atoms. The summed E-state index contributed by atoms with van der Waals surface area (Å²) in [5.41, 5.74) is 2.00. The van der Waals surface area contributed by atoms with Crippen molar-refractivity contribution in [1.29, 1.82) is 0 Å². The Morgan fingerprint density at radius 2 is 1.88 bits per heavy atom. The molecular weight excluding hydrogens is 300 g/mol. The van der Waals surface area contributed by atoms with Crippen LogP contribution in [-0.2, 0) is 0 Å². The Labute approximate surface area is 145 Å². The number of nitrogens with one attached hydrogen (secondary N) is 1. The van der Waals surface area contributed by atoms with Crippen molar-refractivity contribution in [3.8, 4) is 0 Å². The lowest BCUT2D eigenvalue weighted by Gasteiger charge is -2.45.